The first-order valence-corrected chi connectivity index (χ1v) is 9.50. The number of methoxy groups -OCH3 is 3. The fraction of sp³-hybridized carbons (Fsp3) is 0.273. The number of benzene rings is 1. The molecule has 3 aromatic rings. The van der Waals surface area contributed by atoms with Crippen LogP contribution in [0.25, 0.3) is 10.9 Å². The standard InChI is InChI=1S/C22H22N2O8/c1-24-16-8-12(30-2)6-5-11(16)7-14(21(24)28)13(9-17(25)31-3)18-19(26)15(22(29)32-4)10-23-20(18)27/h5-8,10,13H,9H2,1-4H3,(H2,23,26,27)/t13-/m1/s1. The fourth-order valence-corrected chi connectivity index (χ4v) is 3.59. The van der Waals surface area contributed by atoms with E-state index < -0.39 is 41.1 Å². The highest BCUT2D eigenvalue weighted by Gasteiger charge is 2.30. The van der Waals surface area contributed by atoms with Crippen molar-refractivity contribution < 1.29 is 28.9 Å². The van der Waals surface area contributed by atoms with Gasteiger partial charge in [0.15, 0.2) is 0 Å². The number of aromatic nitrogens is 2. The fourth-order valence-electron chi connectivity index (χ4n) is 3.59. The zero-order valence-corrected chi connectivity index (χ0v) is 17.9. The molecular formula is C22H22N2O8. The van der Waals surface area contributed by atoms with Gasteiger partial charge in [0.05, 0.1) is 38.8 Å². The van der Waals surface area contributed by atoms with Gasteiger partial charge in [-0.15, -0.1) is 0 Å². The van der Waals surface area contributed by atoms with Crippen molar-refractivity contribution in [2.45, 2.75) is 12.3 Å². The number of aromatic hydroxyl groups is 1. The van der Waals surface area contributed by atoms with Crippen LogP contribution in [0.2, 0.25) is 0 Å². The average molecular weight is 442 g/mol. The Morgan fingerprint density at radius 2 is 1.84 bits per heavy atom. The van der Waals surface area contributed by atoms with Gasteiger partial charge in [0, 0.05) is 30.8 Å². The SMILES string of the molecule is COC(=O)C[C@@H](c1c(O)c(C(=O)OC)c[nH]c1=O)c1cc2ccc(OC)cc2n(C)c1=O. The van der Waals surface area contributed by atoms with Crippen molar-refractivity contribution in [2.24, 2.45) is 7.05 Å². The normalized spacial score (nSPS) is 11.8. The van der Waals surface area contributed by atoms with Crippen LogP contribution in [0.15, 0.2) is 40.1 Å². The molecule has 0 fully saturated rings. The first kappa shape index (κ1) is 22.6. The van der Waals surface area contributed by atoms with E-state index in [-0.39, 0.29) is 16.7 Å². The smallest absolute Gasteiger partial charge is 0.343 e. The molecule has 2 N–H and O–H groups in total. The Balaban J connectivity index is 2.34. The molecule has 10 nitrogen and oxygen atoms in total. The van der Waals surface area contributed by atoms with E-state index in [9.17, 15) is 24.3 Å². The summed E-state index contributed by atoms with van der Waals surface area (Å²) < 4.78 is 15.9. The van der Waals surface area contributed by atoms with Gasteiger partial charge in [-0.1, -0.05) is 0 Å². The van der Waals surface area contributed by atoms with Crippen molar-refractivity contribution >= 4 is 22.8 Å². The summed E-state index contributed by atoms with van der Waals surface area (Å²) in [5.74, 6) is -2.93. The highest BCUT2D eigenvalue weighted by atomic mass is 16.5. The van der Waals surface area contributed by atoms with Crippen LogP contribution in [0.4, 0.5) is 0 Å². The van der Waals surface area contributed by atoms with E-state index in [1.54, 1.807) is 18.2 Å². The van der Waals surface area contributed by atoms with E-state index in [1.165, 1.54) is 31.9 Å². The number of carbonyl (C=O) groups excluding carboxylic acids is 2. The van der Waals surface area contributed by atoms with Crippen molar-refractivity contribution in [3.05, 3.63) is 67.9 Å². The second-order valence-corrected chi connectivity index (χ2v) is 7.01. The van der Waals surface area contributed by atoms with Gasteiger partial charge in [-0.25, -0.2) is 4.79 Å². The molecule has 3 rings (SSSR count). The Kier molecular flexibility index (Phi) is 6.33. The van der Waals surface area contributed by atoms with E-state index in [4.69, 9.17) is 9.47 Å². The second kappa shape index (κ2) is 8.96. The molecule has 0 radical (unpaired) electrons. The number of esters is 2. The Labute approximate surface area is 182 Å². The van der Waals surface area contributed by atoms with Crippen LogP contribution in [0, 0.1) is 0 Å². The van der Waals surface area contributed by atoms with Crippen LogP contribution < -0.4 is 15.9 Å². The van der Waals surface area contributed by atoms with Gasteiger partial charge in [0.2, 0.25) is 0 Å². The first-order valence-electron chi connectivity index (χ1n) is 9.50. The van der Waals surface area contributed by atoms with Crippen LogP contribution >= 0.6 is 0 Å². The number of aromatic amines is 1. The number of aryl methyl sites for hydroxylation is 1. The van der Waals surface area contributed by atoms with Gasteiger partial charge in [-0.05, 0) is 23.6 Å². The van der Waals surface area contributed by atoms with Gasteiger partial charge >= 0.3 is 11.9 Å². The molecule has 0 aliphatic heterocycles. The minimum absolute atomic E-state index is 0.0679. The summed E-state index contributed by atoms with van der Waals surface area (Å²) in [6.07, 6.45) is 0.585. The topological polar surface area (TPSA) is 137 Å². The first-order chi connectivity index (χ1) is 15.2. The minimum Gasteiger partial charge on any atom is -0.506 e. The maximum Gasteiger partial charge on any atom is 0.343 e. The van der Waals surface area contributed by atoms with Gasteiger partial charge in [-0.2, -0.15) is 0 Å². The maximum absolute atomic E-state index is 13.2. The van der Waals surface area contributed by atoms with Crippen molar-refractivity contribution in [1.82, 2.24) is 9.55 Å². The number of nitrogens with zero attached hydrogens (tertiary/aromatic N) is 1. The number of hydrogen-bond acceptors (Lipinski definition) is 8. The number of ether oxygens (including phenoxy) is 3. The van der Waals surface area contributed by atoms with Crippen molar-refractivity contribution in [3.63, 3.8) is 0 Å². The van der Waals surface area contributed by atoms with Crippen LogP contribution in [-0.4, -0.2) is 47.9 Å². The molecular weight excluding hydrogens is 420 g/mol. The van der Waals surface area contributed by atoms with Crippen LogP contribution in [0.5, 0.6) is 11.5 Å². The summed E-state index contributed by atoms with van der Waals surface area (Å²) in [6.45, 7) is 0. The molecule has 2 aromatic heterocycles. The molecule has 168 valence electrons. The summed E-state index contributed by atoms with van der Waals surface area (Å²) in [4.78, 5) is 52.5. The number of pyridine rings is 2. The van der Waals surface area contributed by atoms with E-state index in [0.29, 0.717) is 16.7 Å². The van der Waals surface area contributed by atoms with Crippen LogP contribution in [0.3, 0.4) is 0 Å². The number of fused-ring (bicyclic) bond motifs is 1. The summed E-state index contributed by atoms with van der Waals surface area (Å²) in [7, 11) is 5.33. The van der Waals surface area contributed by atoms with E-state index >= 15 is 0 Å². The molecule has 2 heterocycles. The number of carbonyl (C=O) groups is 2. The Hall–Kier alpha value is -4.08. The molecule has 0 amide bonds. The zero-order chi connectivity index (χ0) is 23.6. The molecule has 10 heteroatoms. The predicted molar refractivity (Wildman–Crippen MR) is 114 cm³/mol. The van der Waals surface area contributed by atoms with Gasteiger partial charge in [0.1, 0.15) is 17.1 Å². The highest BCUT2D eigenvalue weighted by Crippen LogP contribution is 2.34. The van der Waals surface area contributed by atoms with Crippen molar-refractivity contribution in [3.8, 4) is 11.5 Å². The van der Waals surface area contributed by atoms with Crippen molar-refractivity contribution in [2.75, 3.05) is 21.3 Å². The minimum atomic E-state index is -1.19. The Morgan fingerprint density at radius 1 is 1.12 bits per heavy atom. The van der Waals surface area contributed by atoms with E-state index in [2.05, 4.69) is 9.72 Å². The number of hydrogen-bond donors (Lipinski definition) is 2. The van der Waals surface area contributed by atoms with Gasteiger partial charge in [0.25, 0.3) is 11.1 Å². The lowest BCUT2D eigenvalue weighted by Crippen LogP contribution is -2.29. The third-order valence-corrected chi connectivity index (χ3v) is 5.29. The lowest BCUT2D eigenvalue weighted by molar-refractivity contribution is -0.140. The van der Waals surface area contributed by atoms with E-state index in [1.807, 2.05) is 0 Å². The van der Waals surface area contributed by atoms with Crippen LogP contribution in [-0.2, 0) is 21.3 Å². The summed E-state index contributed by atoms with van der Waals surface area (Å²) in [5.41, 5.74) is -1.25. The molecule has 0 aliphatic rings. The van der Waals surface area contributed by atoms with Crippen molar-refractivity contribution in [1.29, 1.82) is 0 Å². The molecule has 1 atom stereocenters. The monoisotopic (exact) mass is 442 g/mol. The molecule has 0 aliphatic carbocycles. The van der Waals surface area contributed by atoms with Gasteiger partial charge < -0.3 is 28.9 Å². The molecule has 0 bridgehead atoms. The third kappa shape index (κ3) is 3.94. The number of rotatable bonds is 6. The van der Waals surface area contributed by atoms with Crippen LogP contribution in [0.1, 0.15) is 33.8 Å². The maximum atomic E-state index is 13.2. The van der Waals surface area contributed by atoms with Gasteiger partial charge in [-0.3, -0.25) is 14.4 Å². The van der Waals surface area contributed by atoms with E-state index in [0.717, 1.165) is 13.3 Å². The zero-order valence-electron chi connectivity index (χ0n) is 17.9. The summed E-state index contributed by atoms with van der Waals surface area (Å²) >= 11 is 0. The number of nitrogens with one attached hydrogen (secondary N) is 1. The quantitative estimate of drug-likeness (QED) is 0.547. The Morgan fingerprint density at radius 3 is 2.47 bits per heavy atom. The lowest BCUT2D eigenvalue weighted by Gasteiger charge is -2.19. The highest BCUT2D eigenvalue weighted by molar-refractivity contribution is 5.92. The molecule has 0 saturated carbocycles. The largest absolute Gasteiger partial charge is 0.506 e. The Bertz CT molecular complexity index is 1320. The molecule has 32 heavy (non-hydrogen) atoms. The molecule has 1 aromatic carbocycles. The summed E-state index contributed by atoms with van der Waals surface area (Å²) in [5, 5.41) is 11.4. The molecule has 0 saturated heterocycles. The second-order valence-electron chi connectivity index (χ2n) is 7.01. The predicted octanol–water partition coefficient (Wildman–Crippen LogP) is 1.42. The number of H-pyrrole nitrogens is 1. The third-order valence-electron chi connectivity index (χ3n) is 5.29. The lowest BCUT2D eigenvalue weighted by atomic mass is 9.87. The molecule has 0 spiro atoms. The average Bonchev–Trinajstić information content (AvgIpc) is 2.79. The molecule has 0 unspecified atom stereocenters. The summed E-state index contributed by atoms with van der Waals surface area (Å²) in [6, 6.07) is 6.64.